The van der Waals surface area contributed by atoms with Gasteiger partial charge < -0.3 is 5.73 Å². The summed E-state index contributed by atoms with van der Waals surface area (Å²) >= 11 is 0. The predicted octanol–water partition coefficient (Wildman–Crippen LogP) is 0.565. The van der Waals surface area contributed by atoms with Crippen LogP contribution in [-0.2, 0) is 7.02 Å². The van der Waals surface area contributed by atoms with Crippen molar-refractivity contribution < 1.29 is 5.76 Å². The summed E-state index contributed by atoms with van der Waals surface area (Å²) in [5, 5.41) is 7.30. The van der Waals surface area contributed by atoms with Crippen molar-refractivity contribution in [3.63, 3.8) is 0 Å². The number of hydrogen-bond acceptors (Lipinski definition) is 4. The van der Waals surface area contributed by atoms with Gasteiger partial charge in [0.25, 0.3) is 0 Å². The largest absolute Gasteiger partial charge is 0.396 e. The Morgan fingerprint density at radius 3 is 2.89 bits per heavy atom. The maximum Gasteiger partial charge on any atom is 0.368 e. The number of anilines is 1. The van der Waals surface area contributed by atoms with Gasteiger partial charge in [0.1, 0.15) is 5.82 Å². The maximum absolute atomic E-state index is 13.6. The van der Waals surface area contributed by atoms with Crippen LogP contribution in [0.1, 0.15) is 25.7 Å². The second-order valence-electron chi connectivity index (χ2n) is 4.38. The average molecular weight is 250 g/mol. The molecule has 1 aromatic heterocycles. The Bertz CT molecular complexity index is 691. The Morgan fingerprint density at radius 1 is 1.50 bits per heavy atom. The molecule has 1 aliphatic carbocycles. The number of rotatable bonds is 2. The summed E-state index contributed by atoms with van der Waals surface area (Å²) in [4.78, 5) is 11.9. The van der Waals surface area contributed by atoms with Gasteiger partial charge in [-0.2, -0.15) is 9.36 Å². The molecule has 0 bridgehead atoms. The fraction of sp³-hybridized carbons (Fsp3) is 0.364. The first kappa shape index (κ1) is 9.81. The van der Waals surface area contributed by atoms with Crippen molar-refractivity contribution in [3.8, 4) is 5.69 Å². The molecule has 0 aliphatic heterocycles. The second-order valence-corrected chi connectivity index (χ2v) is 4.38. The van der Waals surface area contributed by atoms with Crippen LogP contribution in [0.5, 0.6) is 0 Å². The summed E-state index contributed by atoms with van der Waals surface area (Å²) < 4.78 is 22.7. The molecule has 1 saturated carbocycles. The monoisotopic (exact) mass is 250 g/mol. The number of aryl methyl sites for hydroxylation is 1. The number of benzene rings is 1. The van der Waals surface area contributed by atoms with Crippen molar-refractivity contribution in [2.24, 2.45) is 7.02 Å². The minimum atomic E-state index is -0.525. The van der Waals surface area contributed by atoms with Crippen LogP contribution in [0.25, 0.3) is 5.69 Å². The number of nitrogen functional groups attached to an aromatic ring is 1. The summed E-state index contributed by atoms with van der Waals surface area (Å²) in [6.45, 7) is 0. The van der Waals surface area contributed by atoms with Gasteiger partial charge in [0.15, 0.2) is 0 Å². The minimum absolute atomic E-state index is 0.0354. The van der Waals surface area contributed by atoms with E-state index in [0.717, 1.165) is 22.2 Å². The molecular weight excluding hydrogens is 237 g/mol. The highest BCUT2D eigenvalue weighted by molar-refractivity contribution is 5.55. The number of nitrogens with two attached hydrogens (primary N) is 1. The van der Waals surface area contributed by atoms with Crippen LogP contribution in [0.4, 0.5) is 10.1 Å². The lowest BCUT2D eigenvalue weighted by molar-refractivity contribution is 0.628. The molecule has 1 aliphatic rings. The third-order valence-electron chi connectivity index (χ3n) is 3.03. The van der Waals surface area contributed by atoms with Crippen LogP contribution in [0.3, 0.4) is 0 Å². The lowest BCUT2D eigenvalue weighted by Crippen LogP contribution is -2.23. The van der Waals surface area contributed by atoms with Gasteiger partial charge in [-0.25, -0.2) is 9.18 Å². The molecule has 1 heterocycles. The molecule has 1 aromatic carbocycles. The van der Waals surface area contributed by atoms with E-state index in [1.54, 1.807) is 0 Å². The van der Waals surface area contributed by atoms with Gasteiger partial charge in [0.05, 0.1) is 11.4 Å². The van der Waals surface area contributed by atoms with Gasteiger partial charge in [-0.3, -0.25) is 0 Å². The van der Waals surface area contributed by atoms with Crippen molar-refractivity contribution in [3.05, 3.63) is 34.0 Å². The van der Waals surface area contributed by atoms with E-state index in [1.165, 1.54) is 12.1 Å². The SMILES string of the molecule is [2H]Cn1nnn(-c2cc(N)c(F)cc2C2CC2)c1=O. The number of nitrogens with zero attached hydrogens (tertiary/aromatic N) is 4. The van der Waals surface area contributed by atoms with Gasteiger partial charge in [0.2, 0.25) is 0 Å². The smallest absolute Gasteiger partial charge is 0.368 e. The zero-order chi connectivity index (χ0) is 13.6. The summed E-state index contributed by atoms with van der Waals surface area (Å²) in [5.41, 5.74) is 6.16. The van der Waals surface area contributed by atoms with Gasteiger partial charge in [-0.1, -0.05) is 0 Å². The Morgan fingerprint density at radius 2 is 2.28 bits per heavy atom. The lowest BCUT2D eigenvalue weighted by atomic mass is 10.1. The molecule has 2 aromatic rings. The predicted molar refractivity (Wildman–Crippen MR) is 62.9 cm³/mol. The first-order chi connectivity index (χ1) is 9.11. The molecule has 0 saturated heterocycles. The first-order valence-corrected chi connectivity index (χ1v) is 5.53. The topological polar surface area (TPSA) is 78.7 Å². The molecule has 0 radical (unpaired) electrons. The number of hydrogen-bond donors (Lipinski definition) is 1. The Labute approximate surface area is 103 Å². The number of tetrazole rings is 1. The zero-order valence-corrected chi connectivity index (χ0v) is 9.51. The van der Waals surface area contributed by atoms with Gasteiger partial charge >= 0.3 is 5.69 Å². The van der Waals surface area contributed by atoms with Crippen LogP contribution in [0.15, 0.2) is 16.9 Å². The molecule has 3 rings (SSSR count). The van der Waals surface area contributed by atoms with Crippen molar-refractivity contribution in [1.82, 2.24) is 19.8 Å². The quantitative estimate of drug-likeness (QED) is 0.790. The molecule has 2 N–H and O–H groups in total. The first-order valence-electron chi connectivity index (χ1n) is 6.24. The molecule has 0 spiro atoms. The highest BCUT2D eigenvalue weighted by Crippen LogP contribution is 2.43. The molecule has 1 fully saturated rings. The lowest BCUT2D eigenvalue weighted by Gasteiger charge is -2.09. The summed E-state index contributed by atoms with van der Waals surface area (Å²) in [6, 6.07) is 2.75. The fourth-order valence-corrected chi connectivity index (χ4v) is 1.92. The Kier molecular flexibility index (Phi) is 1.99. The molecule has 0 unspecified atom stereocenters. The van der Waals surface area contributed by atoms with Crippen molar-refractivity contribution >= 4 is 5.69 Å². The molecule has 18 heavy (non-hydrogen) atoms. The Hall–Kier alpha value is -2.18. The third-order valence-corrected chi connectivity index (χ3v) is 3.03. The summed E-state index contributed by atoms with van der Waals surface area (Å²) in [6.07, 6.45) is 1.91. The summed E-state index contributed by atoms with van der Waals surface area (Å²) in [7, 11) is -0.311. The van der Waals surface area contributed by atoms with Gasteiger partial charge in [-0.05, 0) is 46.9 Å². The fourth-order valence-electron chi connectivity index (χ4n) is 1.92. The molecule has 94 valence electrons. The van der Waals surface area contributed by atoms with Crippen molar-refractivity contribution in [1.29, 1.82) is 0 Å². The standard InChI is InChI=1S/C11H12FN5O/c1-16-11(18)17(15-14-16)10-5-9(13)8(12)4-7(10)6-2-3-6/h4-6H,2-3,13H2,1H3/i1D. The van der Waals surface area contributed by atoms with E-state index in [1.807, 2.05) is 0 Å². The highest BCUT2D eigenvalue weighted by Gasteiger charge is 2.28. The number of halogens is 1. The normalized spacial score (nSPS) is 15.7. The van der Waals surface area contributed by atoms with Gasteiger partial charge in [0, 0.05) is 8.39 Å². The van der Waals surface area contributed by atoms with E-state index in [9.17, 15) is 9.18 Å². The van der Waals surface area contributed by atoms with Gasteiger partial charge in [-0.15, -0.1) is 0 Å². The van der Waals surface area contributed by atoms with E-state index >= 15 is 0 Å². The average Bonchev–Trinajstić information content (AvgIpc) is 3.16. The minimum Gasteiger partial charge on any atom is -0.396 e. The van der Waals surface area contributed by atoms with Crippen LogP contribution >= 0.6 is 0 Å². The summed E-state index contributed by atoms with van der Waals surface area (Å²) in [5.74, 6) is -0.260. The van der Waals surface area contributed by atoms with Crippen LogP contribution < -0.4 is 11.4 Å². The van der Waals surface area contributed by atoms with E-state index < -0.39 is 11.5 Å². The zero-order valence-electron chi connectivity index (χ0n) is 10.5. The van der Waals surface area contributed by atoms with E-state index in [4.69, 9.17) is 7.10 Å². The third kappa shape index (κ3) is 1.59. The second kappa shape index (κ2) is 3.66. The van der Waals surface area contributed by atoms with Crippen molar-refractivity contribution in [2.75, 3.05) is 5.73 Å². The van der Waals surface area contributed by atoms with E-state index in [-0.39, 0.29) is 18.6 Å². The molecular formula is C11H12FN5O. The van der Waals surface area contributed by atoms with Crippen LogP contribution in [-0.4, -0.2) is 19.8 Å². The van der Waals surface area contributed by atoms with Crippen molar-refractivity contribution in [2.45, 2.75) is 18.8 Å². The molecule has 7 heteroatoms. The molecule has 0 amide bonds. The van der Waals surface area contributed by atoms with Crippen LogP contribution in [0.2, 0.25) is 0 Å². The van der Waals surface area contributed by atoms with Crippen LogP contribution in [0, 0.1) is 5.82 Å². The van der Waals surface area contributed by atoms with E-state index in [2.05, 4.69) is 10.4 Å². The molecule has 6 nitrogen and oxygen atoms in total. The van der Waals surface area contributed by atoms with E-state index in [0.29, 0.717) is 11.3 Å². The number of aromatic nitrogens is 4. The highest BCUT2D eigenvalue weighted by atomic mass is 19.1. The Balaban J connectivity index is 2.20. The molecule has 0 atom stereocenters. The maximum atomic E-state index is 13.6.